The van der Waals surface area contributed by atoms with Gasteiger partial charge in [-0.1, -0.05) is 30.3 Å². The first kappa shape index (κ1) is 12.9. The predicted molar refractivity (Wildman–Crippen MR) is 79.0 cm³/mol. The molecule has 0 aliphatic heterocycles. The molecule has 106 valence electrons. The highest BCUT2D eigenvalue weighted by atomic mass is 16.2. The van der Waals surface area contributed by atoms with Crippen molar-refractivity contribution in [3.8, 4) is 11.3 Å². The molecule has 0 fully saturated rings. The Balaban J connectivity index is 2.15. The molecule has 1 aromatic carbocycles. The van der Waals surface area contributed by atoms with Crippen LogP contribution in [0.4, 0.5) is 11.8 Å². The zero-order valence-electron chi connectivity index (χ0n) is 11.2. The van der Waals surface area contributed by atoms with Crippen LogP contribution in [-0.2, 0) is 4.79 Å². The molecule has 8 nitrogen and oxygen atoms in total. The maximum Gasteiger partial charge on any atom is 0.244 e. The van der Waals surface area contributed by atoms with Crippen molar-refractivity contribution in [2.75, 3.05) is 11.2 Å². The molecule has 2 aromatic heterocycles. The fraction of sp³-hybridized carbons (Fsp3) is 0.0769. The number of nitrogen functional groups attached to an aromatic ring is 1. The van der Waals surface area contributed by atoms with E-state index in [1.165, 1.54) is 6.92 Å². The molecule has 0 spiro atoms. The van der Waals surface area contributed by atoms with Crippen molar-refractivity contribution in [2.45, 2.75) is 6.92 Å². The molecular weight excluding hydrogens is 270 g/mol. The van der Waals surface area contributed by atoms with Crippen LogP contribution >= 0.6 is 0 Å². The molecule has 0 saturated carbocycles. The maximum absolute atomic E-state index is 11.0. The van der Waals surface area contributed by atoms with Crippen LogP contribution in [0.15, 0.2) is 30.3 Å². The number of carbonyl (C=O) groups is 1. The third-order valence-electron chi connectivity index (χ3n) is 2.84. The van der Waals surface area contributed by atoms with Crippen molar-refractivity contribution >= 4 is 28.7 Å². The lowest BCUT2D eigenvalue weighted by atomic mass is 10.1. The molecule has 3 rings (SSSR count). The summed E-state index contributed by atoms with van der Waals surface area (Å²) in [5.74, 6) is 0.388. The van der Waals surface area contributed by atoms with E-state index in [0.717, 1.165) is 5.56 Å². The summed E-state index contributed by atoms with van der Waals surface area (Å²) in [6.45, 7) is 1.39. The van der Waals surface area contributed by atoms with Crippen molar-refractivity contribution in [2.24, 2.45) is 0 Å². The molecule has 0 bridgehead atoms. The molecular formula is C13H13N7O. The first-order valence-corrected chi connectivity index (χ1v) is 6.25. The van der Waals surface area contributed by atoms with Crippen molar-refractivity contribution in [3.05, 3.63) is 30.3 Å². The normalized spacial score (nSPS) is 10.5. The van der Waals surface area contributed by atoms with Gasteiger partial charge in [-0.3, -0.25) is 20.7 Å². The Morgan fingerprint density at radius 2 is 2.00 bits per heavy atom. The smallest absolute Gasteiger partial charge is 0.244 e. The number of hydrazine groups is 1. The third kappa shape index (κ3) is 2.46. The van der Waals surface area contributed by atoms with Gasteiger partial charge in [-0.05, 0) is 0 Å². The van der Waals surface area contributed by atoms with Crippen LogP contribution in [0.2, 0.25) is 0 Å². The predicted octanol–water partition coefficient (Wildman–Crippen LogP) is 1.07. The standard InChI is InChI=1S/C13H13N7O/c1-7(21)17-20-13-15-10(8-5-3-2-4-6-8)9-11(14)18-19-12(9)16-13/h2-6H,1H3,(H,17,21)(H4,14,15,16,18,19,20). The van der Waals surface area contributed by atoms with Crippen LogP contribution < -0.4 is 16.6 Å². The first-order chi connectivity index (χ1) is 10.1. The third-order valence-corrected chi connectivity index (χ3v) is 2.84. The maximum atomic E-state index is 11.0. The van der Waals surface area contributed by atoms with Gasteiger partial charge in [0.25, 0.3) is 0 Å². The van der Waals surface area contributed by atoms with Gasteiger partial charge in [-0.25, -0.2) is 4.98 Å². The van der Waals surface area contributed by atoms with E-state index in [-0.39, 0.29) is 11.9 Å². The minimum absolute atomic E-state index is 0.239. The Kier molecular flexibility index (Phi) is 3.11. The summed E-state index contributed by atoms with van der Waals surface area (Å²) in [5.41, 5.74) is 12.9. The van der Waals surface area contributed by atoms with Gasteiger partial charge in [-0.15, -0.1) is 0 Å². The summed E-state index contributed by atoms with van der Waals surface area (Å²) < 4.78 is 0. The molecule has 0 aliphatic rings. The lowest BCUT2D eigenvalue weighted by Crippen LogP contribution is -2.27. The quantitative estimate of drug-likeness (QED) is 0.533. The molecule has 21 heavy (non-hydrogen) atoms. The molecule has 2 heterocycles. The molecule has 0 radical (unpaired) electrons. The number of hydrogen-bond donors (Lipinski definition) is 4. The number of hydrogen-bond acceptors (Lipinski definition) is 6. The monoisotopic (exact) mass is 283 g/mol. The average Bonchev–Trinajstić information content (AvgIpc) is 2.87. The van der Waals surface area contributed by atoms with E-state index in [1.807, 2.05) is 30.3 Å². The number of nitrogens with two attached hydrogens (primary N) is 1. The van der Waals surface area contributed by atoms with Gasteiger partial charge in [0.05, 0.1) is 11.1 Å². The Morgan fingerprint density at radius 1 is 1.24 bits per heavy atom. The van der Waals surface area contributed by atoms with Crippen molar-refractivity contribution in [3.63, 3.8) is 0 Å². The van der Waals surface area contributed by atoms with E-state index in [9.17, 15) is 4.79 Å². The van der Waals surface area contributed by atoms with E-state index in [1.54, 1.807) is 0 Å². The SMILES string of the molecule is CC(=O)NNc1nc(-c2ccccc2)c2c(N)[nH]nc2n1. The lowest BCUT2D eigenvalue weighted by molar-refractivity contribution is -0.118. The molecule has 0 saturated heterocycles. The summed E-state index contributed by atoms with van der Waals surface area (Å²) in [5, 5.41) is 7.38. The highest BCUT2D eigenvalue weighted by molar-refractivity contribution is 5.98. The van der Waals surface area contributed by atoms with Gasteiger partial charge in [0.2, 0.25) is 11.9 Å². The summed E-state index contributed by atoms with van der Waals surface area (Å²) in [7, 11) is 0. The Morgan fingerprint density at radius 3 is 2.71 bits per heavy atom. The molecule has 5 N–H and O–H groups in total. The number of H-pyrrole nitrogens is 1. The van der Waals surface area contributed by atoms with Gasteiger partial charge in [-0.2, -0.15) is 10.1 Å². The van der Waals surface area contributed by atoms with Crippen LogP contribution in [0.25, 0.3) is 22.3 Å². The van der Waals surface area contributed by atoms with Crippen molar-refractivity contribution in [1.29, 1.82) is 0 Å². The van der Waals surface area contributed by atoms with Gasteiger partial charge in [0.1, 0.15) is 5.82 Å². The minimum atomic E-state index is -0.249. The zero-order valence-corrected chi connectivity index (χ0v) is 11.2. The van der Waals surface area contributed by atoms with Crippen molar-refractivity contribution in [1.82, 2.24) is 25.6 Å². The number of amides is 1. The van der Waals surface area contributed by atoms with E-state index < -0.39 is 0 Å². The largest absolute Gasteiger partial charge is 0.383 e. The second-order valence-corrected chi connectivity index (χ2v) is 4.40. The summed E-state index contributed by atoms with van der Waals surface area (Å²) in [4.78, 5) is 19.6. The van der Waals surface area contributed by atoms with Gasteiger partial charge in [0.15, 0.2) is 5.65 Å². The topological polar surface area (TPSA) is 122 Å². The second kappa shape index (κ2) is 5.08. The highest BCUT2D eigenvalue weighted by Gasteiger charge is 2.15. The fourth-order valence-corrected chi connectivity index (χ4v) is 1.95. The lowest BCUT2D eigenvalue weighted by Gasteiger charge is -2.08. The molecule has 3 aromatic rings. The molecule has 1 amide bonds. The fourth-order valence-electron chi connectivity index (χ4n) is 1.95. The number of carbonyl (C=O) groups excluding carboxylic acids is 1. The van der Waals surface area contributed by atoms with Crippen LogP contribution in [-0.4, -0.2) is 26.1 Å². The Bertz CT molecular complexity index is 797. The number of nitrogens with zero attached hydrogens (tertiary/aromatic N) is 3. The number of aromatic nitrogens is 4. The number of benzene rings is 1. The number of fused-ring (bicyclic) bond motifs is 1. The van der Waals surface area contributed by atoms with E-state index in [4.69, 9.17) is 5.73 Å². The van der Waals surface area contributed by atoms with Gasteiger partial charge in [0, 0.05) is 12.5 Å². The van der Waals surface area contributed by atoms with E-state index in [0.29, 0.717) is 22.5 Å². The average molecular weight is 283 g/mol. The van der Waals surface area contributed by atoms with Crippen LogP contribution in [0, 0.1) is 0 Å². The number of anilines is 2. The number of nitrogens with one attached hydrogen (secondary N) is 3. The number of aromatic amines is 1. The molecule has 0 atom stereocenters. The van der Waals surface area contributed by atoms with Gasteiger partial charge < -0.3 is 5.73 Å². The summed E-state index contributed by atoms with van der Waals surface area (Å²) >= 11 is 0. The molecule has 0 aliphatic carbocycles. The van der Waals surface area contributed by atoms with Crippen LogP contribution in [0.1, 0.15) is 6.92 Å². The van der Waals surface area contributed by atoms with E-state index in [2.05, 4.69) is 31.0 Å². The second-order valence-electron chi connectivity index (χ2n) is 4.40. The molecule has 0 unspecified atom stereocenters. The Hall–Kier alpha value is -3.16. The van der Waals surface area contributed by atoms with E-state index >= 15 is 0 Å². The minimum Gasteiger partial charge on any atom is -0.383 e. The van der Waals surface area contributed by atoms with Crippen LogP contribution in [0.3, 0.4) is 0 Å². The van der Waals surface area contributed by atoms with Gasteiger partial charge >= 0.3 is 0 Å². The number of rotatable bonds is 3. The zero-order chi connectivity index (χ0) is 14.8. The summed E-state index contributed by atoms with van der Waals surface area (Å²) in [6.07, 6.45) is 0. The Labute approximate surface area is 119 Å². The highest BCUT2D eigenvalue weighted by Crippen LogP contribution is 2.29. The molecule has 8 heteroatoms. The first-order valence-electron chi connectivity index (χ1n) is 6.25. The summed E-state index contributed by atoms with van der Waals surface area (Å²) in [6, 6.07) is 9.55. The van der Waals surface area contributed by atoms with Crippen molar-refractivity contribution < 1.29 is 4.79 Å². The van der Waals surface area contributed by atoms with Crippen LogP contribution in [0.5, 0.6) is 0 Å².